The maximum absolute atomic E-state index is 4.01. The molecule has 0 fully saturated rings. The Labute approximate surface area is 80.4 Å². The lowest BCUT2D eigenvalue weighted by atomic mass is 9.89. The van der Waals surface area contributed by atoms with Gasteiger partial charge in [0.05, 0.1) is 0 Å². The highest BCUT2D eigenvalue weighted by Crippen LogP contribution is 2.18. The van der Waals surface area contributed by atoms with Gasteiger partial charge in [0.25, 0.3) is 0 Å². The molecule has 0 N–H and O–H groups in total. The summed E-state index contributed by atoms with van der Waals surface area (Å²) in [6.45, 7) is 6.83. The summed E-state index contributed by atoms with van der Waals surface area (Å²) in [5.74, 6) is 1.50. The van der Waals surface area contributed by atoms with E-state index >= 15 is 0 Å². The lowest BCUT2D eigenvalue weighted by molar-refractivity contribution is 0.374. The summed E-state index contributed by atoms with van der Waals surface area (Å²) in [6.07, 6.45) is 7.74. The predicted molar refractivity (Wildman–Crippen MR) is 54.4 cm³/mol. The van der Waals surface area contributed by atoms with Gasteiger partial charge in [0.2, 0.25) is 0 Å². The molecule has 0 radical (unpaired) electrons. The molecule has 0 aromatic carbocycles. The van der Waals surface area contributed by atoms with Gasteiger partial charge in [-0.1, -0.05) is 27.2 Å². The van der Waals surface area contributed by atoms with Crippen molar-refractivity contribution in [1.82, 2.24) is 9.97 Å². The maximum Gasteiger partial charge on any atom is 0.115 e. The quantitative estimate of drug-likeness (QED) is 0.708. The highest BCUT2D eigenvalue weighted by molar-refractivity contribution is 5.03. The molecule has 0 bridgehead atoms. The number of rotatable bonds is 4. The summed E-state index contributed by atoms with van der Waals surface area (Å²) in [4.78, 5) is 8.02. The minimum absolute atomic E-state index is 0.719. The van der Waals surface area contributed by atoms with Crippen molar-refractivity contribution in [3.63, 3.8) is 0 Å². The van der Waals surface area contributed by atoms with Crippen LogP contribution in [0.5, 0.6) is 0 Å². The van der Waals surface area contributed by atoms with Crippen molar-refractivity contribution in [2.24, 2.45) is 11.8 Å². The third kappa shape index (κ3) is 3.13. The van der Waals surface area contributed by atoms with Crippen LogP contribution in [-0.4, -0.2) is 9.97 Å². The molecule has 0 aliphatic rings. The second kappa shape index (κ2) is 4.95. The first-order valence-corrected chi connectivity index (χ1v) is 4.98. The summed E-state index contributed by atoms with van der Waals surface area (Å²) in [6, 6.07) is 0. The minimum atomic E-state index is 0.719. The highest BCUT2D eigenvalue weighted by Gasteiger charge is 2.10. The zero-order chi connectivity index (χ0) is 9.68. The van der Waals surface area contributed by atoms with E-state index in [4.69, 9.17) is 0 Å². The molecule has 0 saturated heterocycles. The van der Waals surface area contributed by atoms with E-state index in [0.29, 0.717) is 0 Å². The largest absolute Gasteiger partial charge is 0.245 e. The molecule has 0 saturated carbocycles. The van der Waals surface area contributed by atoms with E-state index in [1.165, 1.54) is 12.0 Å². The van der Waals surface area contributed by atoms with Crippen LogP contribution in [0.15, 0.2) is 18.7 Å². The Morgan fingerprint density at radius 1 is 1.15 bits per heavy atom. The van der Waals surface area contributed by atoms with Gasteiger partial charge in [-0.3, -0.25) is 0 Å². The first kappa shape index (κ1) is 10.2. The van der Waals surface area contributed by atoms with E-state index in [1.54, 1.807) is 6.33 Å². The Morgan fingerprint density at radius 3 is 2.31 bits per heavy atom. The van der Waals surface area contributed by atoms with Crippen LogP contribution < -0.4 is 0 Å². The van der Waals surface area contributed by atoms with Crippen molar-refractivity contribution in [3.8, 4) is 0 Å². The fourth-order valence-electron chi connectivity index (χ4n) is 1.41. The van der Waals surface area contributed by atoms with Crippen LogP contribution in [0.4, 0.5) is 0 Å². The van der Waals surface area contributed by atoms with Crippen molar-refractivity contribution in [1.29, 1.82) is 0 Å². The summed E-state index contributed by atoms with van der Waals surface area (Å²) in [5, 5.41) is 0. The van der Waals surface area contributed by atoms with Gasteiger partial charge in [-0.05, 0) is 23.8 Å². The molecule has 2 atom stereocenters. The molecule has 72 valence electrons. The molecule has 2 heteroatoms. The van der Waals surface area contributed by atoms with Gasteiger partial charge in [-0.2, -0.15) is 0 Å². The van der Waals surface area contributed by atoms with Crippen molar-refractivity contribution in [3.05, 3.63) is 24.3 Å². The van der Waals surface area contributed by atoms with Crippen LogP contribution in [0.3, 0.4) is 0 Å². The van der Waals surface area contributed by atoms with Crippen molar-refractivity contribution in [2.45, 2.75) is 33.6 Å². The Morgan fingerprint density at radius 2 is 1.77 bits per heavy atom. The molecule has 0 aliphatic carbocycles. The fourth-order valence-corrected chi connectivity index (χ4v) is 1.41. The van der Waals surface area contributed by atoms with E-state index in [2.05, 4.69) is 30.7 Å². The molecular weight excluding hydrogens is 160 g/mol. The van der Waals surface area contributed by atoms with Crippen LogP contribution in [0.25, 0.3) is 0 Å². The van der Waals surface area contributed by atoms with Crippen LogP contribution >= 0.6 is 0 Å². The molecule has 1 aromatic rings. The maximum atomic E-state index is 4.01. The van der Waals surface area contributed by atoms with Crippen LogP contribution in [0, 0.1) is 11.8 Å². The first-order chi connectivity index (χ1) is 6.24. The lowest BCUT2D eigenvalue weighted by Crippen LogP contribution is -2.10. The average molecular weight is 178 g/mol. The smallest absolute Gasteiger partial charge is 0.115 e. The number of hydrogen-bond acceptors (Lipinski definition) is 2. The summed E-state index contributed by atoms with van der Waals surface area (Å²) in [5.41, 5.74) is 1.25. The van der Waals surface area contributed by atoms with E-state index in [-0.39, 0.29) is 0 Å². The van der Waals surface area contributed by atoms with Crippen molar-refractivity contribution in [2.75, 3.05) is 0 Å². The Bertz CT molecular complexity index is 233. The van der Waals surface area contributed by atoms with Crippen LogP contribution in [0.2, 0.25) is 0 Å². The van der Waals surface area contributed by atoms with Gasteiger partial charge in [0.15, 0.2) is 0 Å². The summed E-state index contributed by atoms with van der Waals surface area (Å²) >= 11 is 0. The SMILES string of the molecule is CCC(C)C(C)Cc1cncnc1. The summed E-state index contributed by atoms with van der Waals surface area (Å²) in [7, 11) is 0. The molecule has 0 spiro atoms. The molecular formula is C11H18N2. The van der Waals surface area contributed by atoms with Crippen molar-refractivity contribution >= 4 is 0 Å². The van der Waals surface area contributed by atoms with Gasteiger partial charge in [0.1, 0.15) is 6.33 Å². The van der Waals surface area contributed by atoms with Gasteiger partial charge in [-0.15, -0.1) is 0 Å². The standard InChI is InChI=1S/C11H18N2/c1-4-9(2)10(3)5-11-6-12-8-13-7-11/h6-10H,4-5H2,1-3H3. The average Bonchev–Trinajstić information content (AvgIpc) is 2.18. The molecule has 1 rings (SSSR count). The topological polar surface area (TPSA) is 25.8 Å². The molecule has 1 aromatic heterocycles. The number of hydrogen-bond donors (Lipinski definition) is 0. The van der Waals surface area contributed by atoms with Crippen LogP contribution in [0.1, 0.15) is 32.8 Å². The highest BCUT2D eigenvalue weighted by atomic mass is 14.8. The third-order valence-corrected chi connectivity index (χ3v) is 2.79. The molecule has 2 nitrogen and oxygen atoms in total. The number of aromatic nitrogens is 2. The monoisotopic (exact) mass is 178 g/mol. The van der Waals surface area contributed by atoms with E-state index in [9.17, 15) is 0 Å². The predicted octanol–water partition coefficient (Wildman–Crippen LogP) is 2.70. The van der Waals surface area contributed by atoms with Gasteiger partial charge in [-0.25, -0.2) is 9.97 Å². The van der Waals surface area contributed by atoms with Gasteiger partial charge >= 0.3 is 0 Å². The molecule has 2 unspecified atom stereocenters. The van der Waals surface area contributed by atoms with E-state index < -0.39 is 0 Å². The van der Waals surface area contributed by atoms with Crippen LogP contribution in [-0.2, 0) is 6.42 Å². The second-order valence-corrected chi connectivity index (χ2v) is 3.81. The normalized spacial score (nSPS) is 15.3. The Hall–Kier alpha value is -0.920. The molecule has 1 heterocycles. The van der Waals surface area contributed by atoms with E-state index in [1.807, 2.05) is 12.4 Å². The van der Waals surface area contributed by atoms with Gasteiger partial charge in [0, 0.05) is 12.4 Å². The Balaban J connectivity index is 2.50. The zero-order valence-corrected chi connectivity index (χ0v) is 8.70. The second-order valence-electron chi connectivity index (χ2n) is 3.81. The fraction of sp³-hybridized carbons (Fsp3) is 0.636. The third-order valence-electron chi connectivity index (χ3n) is 2.79. The zero-order valence-electron chi connectivity index (χ0n) is 8.70. The van der Waals surface area contributed by atoms with Crippen molar-refractivity contribution < 1.29 is 0 Å². The summed E-state index contributed by atoms with van der Waals surface area (Å²) < 4.78 is 0. The Kier molecular flexibility index (Phi) is 3.87. The molecule has 0 aliphatic heterocycles. The molecule has 13 heavy (non-hydrogen) atoms. The number of nitrogens with zero attached hydrogens (tertiary/aromatic N) is 2. The molecule has 0 amide bonds. The van der Waals surface area contributed by atoms with Gasteiger partial charge < -0.3 is 0 Å². The lowest BCUT2D eigenvalue weighted by Gasteiger charge is -2.17. The minimum Gasteiger partial charge on any atom is -0.245 e. The first-order valence-electron chi connectivity index (χ1n) is 4.98. The van der Waals surface area contributed by atoms with E-state index in [0.717, 1.165) is 18.3 Å².